The van der Waals surface area contributed by atoms with Crippen molar-refractivity contribution in [1.29, 1.82) is 0 Å². The van der Waals surface area contributed by atoms with Crippen molar-refractivity contribution in [2.24, 2.45) is 5.92 Å². The minimum atomic E-state index is 0.833. The summed E-state index contributed by atoms with van der Waals surface area (Å²) in [6.45, 7) is 6.68. The molecule has 0 fully saturated rings. The topological polar surface area (TPSA) is 26.0 Å². The monoisotopic (exact) mass is 251 g/mol. The fourth-order valence-corrected chi connectivity index (χ4v) is 3.19. The standard InChI is InChI=1S/C15H25NS/c1-4-6-7-13(5-2)11-17-15-10-12(3)8-9-14(15)16/h8-10,13H,4-7,11,16H2,1-3H3. The summed E-state index contributed by atoms with van der Waals surface area (Å²) < 4.78 is 0. The van der Waals surface area contributed by atoms with E-state index in [1.807, 2.05) is 17.8 Å². The van der Waals surface area contributed by atoms with Gasteiger partial charge in [0, 0.05) is 16.3 Å². The number of hydrogen-bond acceptors (Lipinski definition) is 2. The van der Waals surface area contributed by atoms with Gasteiger partial charge in [0.2, 0.25) is 0 Å². The molecular weight excluding hydrogens is 226 g/mol. The highest BCUT2D eigenvalue weighted by molar-refractivity contribution is 7.99. The van der Waals surface area contributed by atoms with Gasteiger partial charge < -0.3 is 5.73 Å². The second-order valence-electron chi connectivity index (χ2n) is 4.77. The minimum Gasteiger partial charge on any atom is -0.398 e. The Balaban J connectivity index is 2.50. The maximum atomic E-state index is 6.00. The number of nitrogens with two attached hydrogens (primary N) is 1. The fourth-order valence-electron chi connectivity index (χ4n) is 1.87. The fraction of sp³-hybridized carbons (Fsp3) is 0.600. The highest BCUT2D eigenvalue weighted by Crippen LogP contribution is 2.29. The van der Waals surface area contributed by atoms with Gasteiger partial charge in [0.15, 0.2) is 0 Å². The van der Waals surface area contributed by atoms with E-state index in [1.54, 1.807) is 0 Å². The Labute approximate surface area is 110 Å². The van der Waals surface area contributed by atoms with Crippen LogP contribution in [-0.4, -0.2) is 5.75 Å². The molecular formula is C15H25NS. The predicted octanol–water partition coefficient (Wildman–Crippen LogP) is 4.89. The van der Waals surface area contributed by atoms with Crippen molar-refractivity contribution in [2.45, 2.75) is 51.3 Å². The number of thioether (sulfide) groups is 1. The molecule has 2 N–H and O–H groups in total. The highest BCUT2D eigenvalue weighted by atomic mass is 32.2. The molecule has 1 atom stereocenters. The molecule has 0 amide bonds. The number of nitrogen functional groups attached to an aromatic ring is 1. The lowest BCUT2D eigenvalue weighted by Gasteiger charge is -2.14. The minimum absolute atomic E-state index is 0.833. The van der Waals surface area contributed by atoms with Gasteiger partial charge in [0.25, 0.3) is 0 Å². The van der Waals surface area contributed by atoms with E-state index >= 15 is 0 Å². The molecule has 0 aliphatic rings. The van der Waals surface area contributed by atoms with Crippen LogP contribution in [0.5, 0.6) is 0 Å². The molecule has 1 rings (SSSR count). The zero-order valence-electron chi connectivity index (χ0n) is 11.3. The lowest BCUT2D eigenvalue weighted by atomic mass is 10.0. The first kappa shape index (κ1) is 14.4. The molecule has 1 unspecified atom stereocenters. The average molecular weight is 251 g/mol. The Kier molecular flexibility index (Phi) is 6.49. The van der Waals surface area contributed by atoms with E-state index in [9.17, 15) is 0 Å². The third-order valence-electron chi connectivity index (χ3n) is 3.19. The smallest absolute Gasteiger partial charge is 0.0452 e. The van der Waals surface area contributed by atoms with Gasteiger partial charge in [-0.25, -0.2) is 0 Å². The number of aryl methyl sites for hydroxylation is 1. The van der Waals surface area contributed by atoms with Crippen LogP contribution in [0.3, 0.4) is 0 Å². The van der Waals surface area contributed by atoms with Crippen molar-refractivity contribution in [1.82, 2.24) is 0 Å². The summed E-state index contributed by atoms with van der Waals surface area (Å²) in [7, 11) is 0. The van der Waals surface area contributed by atoms with E-state index in [0.717, 1.165) is 11.6 Å². The van der Waals surface area contributed by atoms with E-state index in [2.05, 4.69) is 32.9 Å². The second-order valence-corrected chi connectivity index (χ2v) is 5.83. The summed E-state index contributed by atoms with van der Waals surface area (Å²) in [4.78, 5) is 1.25. The first-order valence-corrected chi connectivity index (χ1v) is 7.64. The van der Waals surface area contributed by atoms with Crippen molar-refractivity contribution in [3.8, 4) is 0 Å². The van der Waals surface area contributed by atoms with Crippen LogP contribution in [-0.2, 0) is 0 Å². The van der Waals surface area contributed by atoms with Gasteiger partial charge in [-0.2, -0.15) is 0 Å². The SMILES string of the molecule is CCCCC(CC)CSc1cc(C)ccc1N. The van der Waals surface area contributed by atoms with Crippen LogP contribution in [0.4, 0.5) is 5.69 Å². The van der Waals surface area contributed by atoms with E-state index in [1.165, 1.54) is 41.9 Å². The summed E-state index contributed by atoms with van der Waals surface area (Å²) >= 11 is 1.92. The quantitative estimate of drug-likeness (QED) is 0.552. The maximum absolute atomic E-state index is 6.00. The van der Waals surface area contributed by atoms with Gasteiger partial charge in [0.05, 0.1) is 0 Å². The van der Waals surface area contributed by atoms with Crippen molar-refractivity contribution >= 4 is 17.4 Å². The molecule has 0 heterocycles. The lowest BCUT2D eigenvalue weighted by Crippen LogP contribution is -2.02. The molecule has 1 aromatic rings. The average Bonchev–Trinajstić information content (AvgIpc) is 2.33. The molecule has 0 aliphatic heterocycles. The van der Waals surface area contributed by atoms with Crippen LogP contribution >= 0.6 is 11.8 Å². The van der Waals surface area contributed by atoms with Crippen molar-refractivity contribution in [3.05, 3.63) is 23.8 Å². The zero-order valence-corrected chi connectivity index (χ0v) is 12.1. The Hall–Kier alpha value is -0.630. The molecule has 0 saturated carbocycles. The molecule has 0 aliphatic carbocycles. The third kappa shape index (κ3) is 5.03. The molecule has 1 nitrogen and oxygen atoms in total. The van der Waals surface area contributed by atoms with Gasteiger partial charge in [-0.15, -0.1) is 11.8 Å². The van der Waals surface area contributed by atoms with Crippen molar-refractivity contribution in [2.75, 3.05) is 11.5 Å². The van der Waals surface area contributed by atoms with Crippen LogP contribution in [0.15, 0.2) is 23.1 Å². The summed E-state index contributed by atoms with van der Waals surface area (Å²) in [5, 5.41) is 0. The van der Waals surface area contributed by atoms with E-state index in [-0.39, 0.29) is 0 Å². The Morgan fingerprint density at radius 3 is 2.71 bits per heavy atom. The number of unbranched alkanes of at least 4 members (excludes halogenated alkanes) is 1. The van der Waals surface area contributed by atoms with Gasteiger partial charge >= 0.3 is 0 Å². The van der Waals surface area contributed by atoms with Crippen LogP contribution in [0.25, 0.3) is 0 Å². The molecule has 0 spiro atoms. The van der Waals surface area contributed by atoms with E-state index in [0.29, 0.717) is 0 Å². The van der Waals surface area contributed by atoms with Crippen LogP contribution in [0, 0.1) is 12.8 Å². The number of rotatable bonds is 7. The van der Waals surface area contributed by atoms with Gasteiger partial charge in [0.1, 0.15) is 0 Å². The normalized spacial score (nSPS) is 12.6. The molecule has 96 valence electrons. The third-order valence-corrected chi connectivity index (χ3v) is 4.49. The van der Waals surface area contributed by atoms with Gasteiger partial charge in [-0.3, -0.25) is 0 Å². The van der Waals surface area contributed by atoms with E-state index in [4.69, 9.17) is 5.73 Å². The van der Waals surface area contributed by atoms with Crippen LogP contribution < -0.4 is 5.73 Å². The number of anilines is 1. The molecule has 0 saturated heterocycles. The molecule has 0 aromatic heterocycles. The Morgan fingerprint density at radius 1 is 1.29 bits per heavy atom. The summed E-state index contributed by atoms with van der Waals surface area (Å²) in [5.41, 5.74) is 8.21. The molecule has 0 bridgehead atoms. The second kappa shape index (κ2) is 7.65. The first-order chi connectivity index (χ1) is 8.17. The highest BCUT2D eigenvalue weighted by Gasteiger charge is 2.08. The van der Waals surface area contributed by atoms with E-state index < -0.39 is 0 Å². The Bertz CT molecular complexity index is 336. The number of hydrogen-bond donors (Lipinski definition) is 1. The maximum Gasteiger partial charge on any atom is 0.0452 e. The molecule has 1 aromatic carbocycles. The largest absolute Gasteiger partial charge is 0.398 e. The molecule has 17 heavy (non-hydrogen) atoms. The first-order valence-electron chi connectivity index (χ1n) is 6.66. The van der Waals surface area contributed by atoms with Crippen molar-refractivity contribution in [3.63, 3.8) is 0 Å². The lowest BCUT2D eigenvalue weighted by molar-refractivity contribution is 0.499. The predicted molar refractivity (Wildman–Crippen MR) is 79.6 cm³/mol. The van der Waals surface area contributed by atoms with Crippen molar-refractivity contribution < 1.29 is 0 Å². The Morgan fingerprint density at radius 2 is 2.06 bits per heavy atom. The van der Waals surface area contributed by atoms with Crippen LogP contribution in [0.1, 0.15) is 45.1 Å². The summed E-state index contributed by atoms with van der Waals surface area (Å²) in [6, 6.07) is 6.30. The van der Waals surface area contributed by atoms with Gasteiger partial charge in [-0.1, -0.05) is 39.2 Å². The molecule has 2 heteroatoms. The zero-order chi connectivity index (χ0) is 12.7. The summed E-state index contributed by atoms with van der Waals surface area (Å²) in [6.07, 6.45) is 5.28. The van der Waals surface area contributed by atoms with Gasteiger partial charge in [-0.05, 0) is 37.0 Å². The summed E-state index contributed by atoms with van der Waals surface area (Å²) in [5.74, 6) is 2.03. The number of benzene rings is 1. The molecule has 0 radical (unpaired) electrons. The van der Waals surface area contributed by atoms with Crippen LogP contribution in [0.2, 0.25) is 0 Å².